The molecule has 0 saturated carbocycles. The molecule has 2 aromatic carbocycles. The van der Waals surface area contributed by atoms with Gasteiger partial charge in [-0.3, -0.25) is 19.2 Å². The van der Waals surface area contributed by atoms with Gasteiger partial charge in [-0.1, -0.05) is 0 Å². The second kappa shape index (κ2) is 7.22. The van der Waals surface area contributed by atoms with Crippen LogP contribution in [-0.4, -0.2) is 28.8 Å². The van der Waals surface area contributed by atoms with E-state index in [0.717, 1.165) is 19.9 Å². The Kier molecular flexibility index (Phi) is 5.25. The summed E-state index contributed by atoms with van der Waals surface area (Å²) in [5.41, 5.74) is -0.151. The summed E-state index contributed by atoms with van der Waals surface area (Å²) in [6.07, 6.45) is 0. The summed E-state index contributed by atoms with van der Waals surface area (Å²) in [4.78, 5) is 46.1. The fraction of sp³-hybridized carbons (Fsp3) is 0.222. The fourth-order valence-corrected chi connectivity index (χ4v) is 2.43. The molecule has 0 spiro atoms. The van der Waals surface area contributed by atoms with E-state index in [9.17, 15) is 24.3 Å². The molecule has 136 valence electrons. The van der Waals surface area contributed by atoms with E-state index in [4.69, 9.17) is 14.2 Å². The fourth-order valence-electron chi connectivity index (χ4n) is 2.43. The lowest BCUT2D eigenvalue weighted by atomic mass is 10.00. The van der Waals surface area contributed by atoms with Crippen LogP contribution in [0.15, 0.2) is 18.2 Å². The summed E-state index contributed by atoms with van der Waals surface area (Å²) >= 11 is 0. The molecule has 0 fully saturated rings. The molecule has 2 aromatic rings. The number of hydrogen-bond donors (Lipinski definition) is 1. The average molecular weight is 360 g/mol. The minimum Gasteiger partial charge on any atom is -0.506 e. The number of fused-ring (bicyclic) bond motifs is 1. The number of ketones is 1. The van der Waals surface area contributed by atoms with Crippen molar-refractivity contribution in [1.82, 2.24) is 0 Å². The summed E-state index contributed by atoms with van der Waals surface area (Å²) in [5, 5.41) is 10.5. The average Bonchev–Trinajstić information content (AvgIpc) is 2.49. The van der Waals surface area contributed by atoms with E-state index < -0.39 is 29.4 Å². The Morgan fingerprint density at radius 2 is 1.15 bits per heavy atom. The molecule has 0 aliphatic carbocycles. The minimum atomic E-state index is -0.696. The molecule has 0 saturated heterocycles. The Hall–Kier alpha value is -3.42. The highest BCUT2D eigenvalue weighted by Gasteiger charge is 2.24. The first-order valence-corrected chi connectivity index (χ1v) is 7.50. The first-order chi connectivity index (χ1) is 12.1. The zero-order valence-electron chi connectivity index (χ0n) is 14.5. The zero-order chi connectivity index (χ0) is 19.6. The number of carbonyl (C=O) groups is 4. The van der Waals surface area contributed by atoms with Crippen molar-refractivity contribution in [2.45, 2.75) is 27.7 Å². The molecule has 0 radical (unpaired) electrons. The number of Topliss-reactive ketones (excluding diaryl/α,β-unsaturated/α-hetero) is 1. The second-order valence-corrected chi connectivity index (χ2v) is 5.42. The largest absolute Gasteiger partial charge is 0.506 e. The molecule has 0 heterocycles. The van der Waals surface area contributed by atoms with Gasteiger partial charge in [0.1, 0.15) is 23.0 Å². The van der Waals surface area contributed by atoms with Crippen molar-refractivity contribution in [2.75, 3.05) is 0 Å². The van der Waals surface area contributed by atoms with Crippen LogP contribution in [0.25, 0.3) is 10.8 Å². The maximum Gasteiger partial charge on any atom is 0.308 e. The lowest BCUT2D eigenvalue weighted by molar-refractivity contribution is -0.133. The van der Waals surface area contributed by atoms with Gasteiger partial charge in [-0.2, -0.15) is 0 Å². The third-order valence-electron chi connectivity index (χ3n) is 3.28. The van der Waals surface area contributed by atoms with Crippen LogP contribution in [0.5, 0.6) is 23.0 Å². The van der Waals surface area contributed by atoms with E-state index in [-0.39, 0.29) is 33.6 Å². The molecule has 0 aromatic heterocycles. The van der Waals surface area contributed by atoms with Gasteiger partial charge in [0.05, 0.1) is 16.3 Å². The third-order valence-corrected chi connectivity index (χ3v) is 3.28. The maximum absolute atomic E-state index is 11.9. The number of phenolic OH excluding ortho intramolecular Hbond substituents is 1. The molecule has 26 heavy (non-hydrogen) atoms. The summed E-state index contributed by atoms with van der Waals surface area (Å²) in [6, 6.07) is 3.77. The van der Waals surface area contributed by atoms with Crippen LogP contribution in [0.1, 0.15) is 38.1 Å². The third kappa shape index (κ3) is 3.80. The quantitative estimate of drug-likeness (QED) is 0.502. The normalized spacial score (nSPS) is 10.3. The maximum atomic E-state index is 11.9. The van der Waals surface area contributed by atoms with Gasteiger partial charge < -0.3 is 19.3 Å². The van der Waals surface area contributed by atoms with Crippen molar-refractivity contribution in [2.24, 2.45) is 0 Å². The van der Waals surface area contributed by atoms with Crippen molar-refractivity contribution >= 4 is 34.5 Å². The Bertz CT molecular complexity index is 942. The molecule has 8 nitrogen and oxygen atoms in total. The molecular formula is C18H16O8. The lowest BCUT2D eigenvalue weighted by Gasteiger charge is -2.16. The highest BCUT2D eigenvalue weighted by Crippen LogP contribution is 2.46. The molecule has 2 rings (SSSR count). The number of hydrogen-bond acceptors (Lipinski definition) is 8. The van der Waals surface area contributed by atoms with Gasteiger partial charge in [-0.25, -0.2) is 0 Å². The summed E-state index contributed by atoms with van der Waals surface area (Å²) in [5.74, 6) is -3.27. The van der Waals surface area contributed by atoms with Gasteiger partial charge in [-0.15, -0.1) is 0 Å². The lowest BCUT2D eigenvalue weighted by Crippen LogP contribution is -2.08. The molecular weight excluding hydrogens is 344 g/mol. The van der Waals surface area contributed by atoms with Crippen molar-refractivity contribution in [3.05, 3.63) is 23.8 Å². The van der Waals surface area contributed by atoms with Gasteiger partial charge >= 0.3 is 17.9 Å². The second-order valence-electron chi connectivity index (χ2n) is 5.42. The van der Waals surface area contributed by atoms with Gasteiger partial charge in [0, 0.05) is 20.8 Å². The smallest absolute Gasteiger partial charge is 0.308 e. The van der Waals surface area contributed by atoms with Crippen LogP contribution in [0.3, 0.4) is 0 Å². The minimum absolute atomic E-state index is 0.0108. The van der Waals surface area contributed by atoms with E-state index in [1.54, 1.807) is 0 Å². The first kappa shape index (κ1) is 18.9. The van der Waals surface area contributed by atoms with Crippen molar-refractivity contribution in [3.63, 3.8) is 0 Å². The van der Waals surface area contributed by atoms with E-state index in [1.807, 2.05) is 0 Å². The number of carbonyl (C=O) groups excluding carboxylic acids is 4. The van der Waals surface area contributed by atoms with Gasteiger partial charge in [0.25, 0.3) is 0 Å². The standard InChI is InChI=1S/C18H16O8/c1-8(19)12-7-15(26-11(4)22)16-13(24-9(2)20)5-6-14(25-10(3)21)17(16)18(12)23/h5-7,23H,1-4H3. The predicted molar refractivity (Wildman–Crippen MR) is 89.5 cm³/mol. The number of esters is 3. The first-order valence-electron chi connectivity index (χ1n) is 7.50. The topological polar surface area (TPSA) is 116 Å². The molecule has 1 N–H and O–H groups in total. The molecule has 0 bridgehead atoms. The van der Waals surface area contributed by atoms with Crippen LogP contribution in [0, 0.1) is 0 Å². The van der Waals surface area contributed by atoms with E-state index in [0.29, 0.717) is 0 Å². The van der Waals surface area contributed by atoms with Crippen molar-refractivity contribution < 1.29 is 38.5 Å². The number of aromatic hydroxyl groups is 1. The van der Waals surface area contributed by atoms with Crippen LogP contribution >= 0.6 is 0 Å². The molecule has 8 heteroatoms. The summed E-state index contributed by atoms with van der Waals surface area (Å²) in [7, 11) is 0. The Morgan fingerprint density at radius 1 is 0.731 bits per heavy atom. The monoisotopic (exact) mass is 360 g/mol. The Morgan fingerprint density at radius 3 is 1.58 bits per heavy atom. The highest BCUT2D eigenvalue weighted by molar-refractivity contribution is 6.11. The van der Waals surface area contributed by atoms with Crippen LogP contribution in [-0.2, 0) is 14.4 Å². The summed E-state index contributed by atoms with van der Waals surface area (Å²) in [6.45, 7) is 4.68. The van der Waals surface area contributed by atoms with E-state index in [1.165, 1.54) is 26.0 Å². The van der Waals surface area contributed by atoms with Gasteiger partial charge in [0.2, 0.25) is 0 Å². The Labute approximate surface area is 148 Å². The van der Waals surface area contributed by atoms with E-state index in [2.05, 4.69) is 0 Å². The van der Waals surface area contributed by atoms with Gasteiger partial charge in [0.15, 0.2) is 5.78 Å². The predicted octanol–water partition coefficient (Wildman–Crippen LogP) is 2.52. The summed E-state index contributed by atoms with van der Waals surface area (Å²) < 4.78 is 15.3. The molecule has 0 aliphatic heterocycles. The molecule has 0 atom stereocenters. The highest BCUT2D eigenvalue weighted by atomic mass is 16.5. The number of phenols is 1. The Balaban J connectivity index is 2.99. The molecule has 0 unspecified atom stereocenters. The van der Waals surface area contributed by atoms with Gasteiger partial charge in [-0.05, 0) is 25.1 Å². The number of ether oxygens (including phenoxy) is 3. The number of benzene rings is 2. The van der Waals surface area contributed by atoms with Crippen molar-refractivity contribution in [1.29, 1.82) is 0 Å². The zero-order valence-corrected chi connectivity index (χ0v) is 14.5. The SMILES string of the molecule is CC(=O)Oc1ccc(OC(C)=O)c2c(O)c(C(C)=O)cc(OC(C)=O)c12. The van der Waals surface area contributed by atoms with Crippen LogP contribution < -0.4 is 14.2 Å². The van der Waals surface area contributed by atoms with E-state index >= 15 is 0 Å². The van der Waals surface area contributed by atoms with Crippen LogP contribution in [0.4, 0.5) is 0 Å². The molecule has 0 aliphatic rings. The molecule has 0 amide bonds. The van der Waals surface area contributed by atoms with Crippen LogP contribution in [0.2, 0.25) is 0 Å². The number of rotatable bonds is 4. The van der Waals surface area contributed by atoms with Crippen molar-refractivity contribution in [3.8, 4) is 23.0 Å².